The van der Waals surface area contributed by atoms with E-state index in [-0.39, 0.29) is 5.91 Å². The van der Waals surface area contributed by atoms with Crippen LogP contribution in [0.3, 0.4) is 0 Å². The van der Waals surface area contributed by atoms with Crippen LogP contribution in [0, 0.1) is 6.92 Å². The number of pyridine rings is 1. The number of benzene rings is 1. The van der Waals surface area contributed by atoms with Crippen LogP contribution in [0.25, 0.3) is 5.65 Å². The number of nitrogens with zero attached hydrogens (tertiary/aromatic N) is 2. The molecule has 0 spiro atoms. The molecule has 0 aliphatic carbocycles. The van der Waals surface area contributed by atoms with E-state index in [4.69, 9.17) is 4.74 Å². The summed E-state index contributed by atoms with van der Waals surface area (Å²) in [5, 5.41) is 6.69. The highest BCUT2D eigenvalue weighted by molar-refractivity contribution is 7.08. The maximum atomic E-state index is 12.5. The Morgan fingerprint density at radius 3 is 2.92 bits per heavy atom. The number of thiophene rings is 1. The predicted molar refractivity (Wildman–Crippen MR) is 103 cm³/mol. The first-order chi connectivity index (χ1) is 12.7. The molecule has 130 valence electrons. The molecular weight excluding hydrogens is 346 g/mol. The number of aryl methyl sites for hydroxylation is 1. The average Bonchev–Trinajstić information content (AvgIpc) is 3.30. The minimum absolute atomic E-state index is 0.190. The second-order valence-electron chi connectivity index (χ2n) is 5.91. The van der Waals surface area contributed by atoms with Crippen molar-refractivity contribution >= 4 is 28.6 Å². The van der Waals surface area contributed by atoms with Gasteiger partial charge in [0.25, 0.3) is 5.91 Å². The molecule has 26 heavy (non-hydrogen) atoms. The van der Waals surface area contributed by atoms with Gasteiger partial charge < -0.3 is 14.5 Å². The molecule has 1 aromatic carbocycles. The van der Waals surface area contributed by atoms with Gasteiger partial charge in [0.15, 0.2) is 0 Å². The monoisotopic (exact) mass is 363 g/mol. The number of anilines is 1. The van der Waals surface area contributed by atoms with E-state index < -0.39 is 0 Å². The summed E-state index contributed by atoms with van der Waals surface area (Å²) in [5.41, 5.74) is 4.11. The van der Waals surface area contributed by atoms with Gasteiger partial charge >= 0.3 is 0 Å². The van der Waals surface area contributed by atoms with Crippen LogP contribution in [0.1, 0.15) is 21.6 Å². The van der Waals surface area contributed by atoms with Gasteiger partial charge in [-0.2, -0.15) is 11.3 Å². The van der Waals surface area contributed by atoms with Crippen molar-refractivity contribution < 1.29 is 9.53 Å². The Bertz CT molecular complexity index is 1050. The number of aromatic nitrogens is 2. The molecule has 4 rings (SSSR count). The van der Waals surface area contributed by atoms with Crippen molar-refractivity contribution in [1.82, 2.24) is 9.38 Å². The summed E-state index contributed by atoms with van der Waals surface area (Å²) in [6.07, 6.45) is 3.90. The summed E-state index contributed by atoms with van der Waals surface area (Å²) in [7, 11) is 0. The van der Waals surface area contributed by atoms with E-state index >= 15 is 0 Å². The Kier molecular flexibility index (Phi) is 4.41. The van der Waals surface area contributed by atoms with Gasteiger partial charge in [-0.15, -0.1) is 0 Å². The van der Waals surface area contributed by atoms with Gasteiger partial charge in [0.1, 0.15) is 18.0 Å². The largest absolute Gasteiger partial charge is 0.486 e. The van der Waals surface area contributed by atoms with Gasteiger partial charge in [-0.05, 0) is 42.1 Å². The van der Waals surface area contributed by atoms with Crippen LogP contribution in [0.2, 0.25) is 0 Å². The fraction of sp³-hybridized carbons (Fsp3) is 0.100. The van der Waals surface area contributed by atoms with Crippen LogP contribution in [-0.2, 0) is 6.61 Å². The van der Waals surface area contributed by atoms with E-state index in [1.807, 2.05) is 64.8 Å². The molecule has 0 aliphatic rings. The van der Waals surface area contributed by atoms with Gasteiger partial charge in [-0.25, -0.2) is 4.98 Å². The highest BCUT2D eigenvalue weighted by atomic mass is 32.1. The predicted octanol–water partition coefficient (Wildman–Crippen LogP) is 4.54. The molecule has 0 radical (unpaired) electrons. The molecule has 0 unspecified atom stereocenters. The topological polar surface area (TPSA) is 55.6 Å². The number of amides is 1. The lowest BCUT2D eigenvalue weighted by molar-refractivity contribution is 0.102. The van der Waals surface area contributed by atoms with Crippen molar-refractivity contribution in [3.63, 3.8) is 0 Å². The van der Waals surface area contributed by atoms with Gasteiger partial charge in [-0.1, -0.05) is 18.2 Å². The van der Waals surface area contributed by atoms with Crippen LogP contribution < -0.4 is 10.1 Å². The molecule has 3 aromatic heterocycles. The number of carbonyl (C=O) groups excluding carboxylic acids is 1. The second kappa shape index (κ2) is 7.01. The van der Waals surface area contributed by atoms with Crippen molar-refractivity contribution in [2.45, 2.75) is 13.5 Å². The number of hydrogen-bond acceptors (Lipinski definition) is 4. The summed E-state index contributed by atoms with van der Waals surface area (Å²) in [6, 6.07) is 13.1. The number of para-hydroxylation sites is 1. The molecular formula is C20H17N3O2S. The standard InChI is InChI=1S/C20H17N3O2S/c1-14-5-4-9-23-11-16(21-19(14)23)12-25-18-7-3-2-6-17(18)20(24)22-15-8-10-26-13-15/h2-11,13H,12H2,1H3,(H,22,24). The number of carbonyl (C=O) groups is 1. The lowest BCUT2D eigenvalue weighted by Crippen LogP contribution is -2.13. The molecule has 0 fully saturated rings. The lowest BCUT2D eigenvalue weighted by atomic mass is 10.2. The van der Waals surface area contributed by atoms with E-state index in [0.717, 1.165) is 22.6 Å². The Morgan fingerprint density at radius 2 is 2.12 bits per heavy atom. The Morgan fingerprint density at radius 1 is 1.23 bits per heavy atom. The number of imidazole rings is 1. The molecule has 0 aliphatic heterocycles. The van der Waals surface area contributed by atoms with Gasteiger partial charge in [0.05, 0.1) is 16.9 Å². The third-order valence-corrected chi connectivity index (χ3v) is 4.70. The van der Waals surface area contributed by atoms with Gasteiger partial charge in [0, 0.05) is 17.8 Å². The Labute approximate surface area is 154 Å². The van der Waals surface area contributed by atoms with Crippen LogP contribution in [0.5, 0.6) is 5.75 Å². The molecule has 0 atom stereocenters. The first-order valence-corrected chi connectivity index (χ1v) is 9.13. The van der Waals surface area contributed by atoms with Gasteiger partial charge in [0.2, 0.25) is 0 Å². The molecule has 6 heteroatoms. The molecule has 0 saturated heterocycles. The number of hydrogen-bond donors (Lipinski definition) is 1. The molecule has 5 nitrogen and oxygen atoms in total. The highest BCUT2D eigenvalue weighted by Gasteiger charge is 2.13. The van der Waals surface area contributed by atoms with E-state index in [1.165, 1.54) is 11.3 Å². The summed E-state index contributed by atoms with van der Waals surface area (Å²) in [4.78, 5) is 17.1. The zero-order valence-electron chi connectivity index (χ0n) is 14.2. The molecule has 1 N–H and O–H groups in total. The van der Waals surface area contributed by atoms with Gasteiger partial charge in [-0.3, -0.25) is 4.79 Å². The van der Waals surface area contributed by atoms with E-state index in [9.17, 15) is 4.79 Å². The lowest BCUT2D eigenvalue weighted by Gasteiger charge is -2.10. The quantitative estimate of drug-likeness (QED) is 0.566. The Hall–Kier alpha value is -3.12. The number of rotatable bonds is 5. The molecule has 4 aromatic rings. The minimum Gasteiger partial charge on any atom is -0.486 e. The van der Waals surface area contributed by atoms with E-state index in [1.54, 1.807) is 12.1 Å². The molecule has 0 saturated carbocycles. The fourth-order valence-electron chi connectivity index (χ4n) is 2.74. The maximum absolute atomic E-state index is 12.5. The SMILES string of the molecule is Cc1cccn2cc(COc3ccccc3C(=O)Nc3ccsc3)nc12. The maximum Gasteiger partial charge on any atom is 0.259 e. The Balaban J connectivity index is 1.52. The van der Waals surface area contributed by atoms with Crippen molar-refractivity contribution in [2.24, 2.45) is 0 Å². The molecule has 3 heterocycles. The average molecular weight is 363 g/mol. The summed E-state index contributed by atoms with van der Waals surface area (Å²) < 4.78 is 7.87. The number of ether oxygens (including phenoxy) is 1. The first-order valence-electron chi connectivity index (χ1n) is 8.19. The zero-order valence-corrected chi connectivity index (χ0v) is 15.0. The van der Waals surface area contributed by atoms with Crippen LogP contribution in [0.15, 0.2) is 65.6 Å². The fourth-order valence-corrected chi connectivity index (χ4v) is 3.33. The molecule has 0 bridgehead atoms. The van der Waals surface area contributed by atoms with Crippen molar-refractivity contribution in [3.8, 4) is 5.75 Å². The summed E-state index contributed by atoms with van der Waals surface area (Å²) in [5.74, 6) is 0.346. The minimum atomic E-state index is -0.190. The summed E-state index contributed by atoms with van der Waals surface area (Å²) in [6.45, 7) is 2.32. The smallest absolute Gasteiger partial charge is 0.259 e. The van der Waals surface area contributed by atoms with Crippen molar-refractivity contribution in [1.29, 1.82) is 0 Å². The third kappa shape index (κ3) is 3.32. The normalized spacial score (nSPS) is 10.8. The van der Waals surface area contributed by atoms with E-state index in [0.29, 0.717) is 17.9 Å². The first kappa shape index (κ1) is 16.4. The molecule has 1 amide bonds. The van der Waals surface area contributed by atoms with Crippen molar-refractivity contribution in [3.05, 3.63) is 82.4 Å². The zero-order chi connectivity index (χ0) is 17.9. The van der Waals surface area contributed by atoms with Crippen LogP contribution in [0.4, 0.5) is 5.69 Å². The second-order valence-corrected chi connectivity index (χ2v) is 6.69. The summed E-state index contributed by atoms with van der Waals surface area (Å²) >= 11 is 1.54. The van der Waals surface area contributed by atoms with Crippen molar-refractivity contribution in [2.75, 3.05) is 5.32 Å². The van der Waals surface area contributed by atoms with E-state index in [2.05, 4.69) is 10.3 Å². The number of fused-ring (bicyclic) bond motifs is 1. The van der Waals surface area contributed by atoms with Crippen LogP contribution >= 0.6 is 11.3 Å². The van der Waals surface area contributed by atoms with Crippen LogP contribution in [-0.4, -0.2) is 15.3 Å². The third-order valence-electron chi connectivity index (χ3n) is 4.01. The number of nitrogens with one attached hydrogen (secondary N) is 1. The highest BCUT2D eigenvalue weighted by Crippen LogP contribution is 2.22.